The summed E-state index contributed by atoms with van der Waals surface area (Å²) in [4.78, 5) is 10.9. The molecule has 0 spiro atoms. The van der Waals surface area contributed by atoms with E-state index < -0.39 is 0 Å². The van der Waals surface area contributed by atoms with Gasteiger partial charge in [-0.3, -0.25) is 4.90 Å². The normalized spacial score (nSPS) is 16.5. The van der Waals surface area contributed by atoms with Crippen LogP contribution in [0.25, 0.3) is 0 Å². The summed E-state index contributed by atoms with van der Waals surface area (Å²) >= 11 is 0. The van der Waals surface area contributed by atoms with Crippen molar-refractivity contribution < 1.29 is 9.26 Å². The van der Waals surface area contributed by atoms with Crippen molar-refractivity contribution in [3.8, 4) is 5.88 Å². The van der Waals surface area contributed by atoms with Crippen LogP contribution in [0, 0.1) is 13.8 Å². The number of anilines is 1. The fraction of sp³-hybridized carbons (Fsp3) is 0.562. The molecule has 0 bridgehead atoms. The molecule has 7 nitrogen and oxygen atoms in total. The van der Waals surface area contributed by atoms with Crippen molar-refractivity contribution in [1.29, 1.82) is 0 Å². The van der Waals surface area contributed by atoms with E-state index in [1.807, 2.05) is 13.8 Å². The van der Waals surface area contributed by atoms with Crippen molar-refractivity contribution >= 4 is 5.82 Å². The van der Waals surface area contributed by atoms with Gasteiger partial charge in [-0.25, -0.2) is 9.97 Å². The van der Waals surface area contributed by atoms with E-state index in [-0.39, 0.29) is 0 Å². The van der Waals surface area contributed by atoms with Gasteiger partial charge in [0.2, 0.25) is 0 Å². The Balaban J connectivity index is 1.54. The first-order valence-electron chi connectivity index (χ1n) is 7.93. The second-order valence-corrected chi connectivity index (χ2v) is 5.91. The Hall–Kier alpha value is -2.15. The smallest absolute Gasteiger partial charge is 0.257 e. The molecule has 0 atom stereocenters. The number of methoxy groups -OCH3 is 1. The van der Waals surface area contributed by atoms with Crippen molar-refractivity contribution in [1.82, 2.24) is 20.0 Å². The molecule has 3 rings (SSSR count). The zero-order chi connectivity index (χ0) is 16.2. The number of aromatic nitrogens is 3. The standard InChI is InChI=1S/C16H23N5O2/c1-11-14(12(2)23-20-11)10-21-8-4-13(5-9-21)19-15-16(22-3)18-7-6-17-15/h6-7,13H,4-5,8-10H2,1-3H3,(H,17,19). The number of aryl methyl sites for hydroxylation is 2. The van der Waals surface area contributed by atoms with Gasteiger partial charge in [0.25, 0.3) is 5.88 Å². The number of nitrogens with one attached hydrogen (secondary N) is 1. The van der Waals surface area contributed by atoms with Gasteiger partial charge in [0.05, 0.1) is 12.8 Å². The predicted molar refractivity (Wildman–Crippen MR) is 86.5 cm³/mol. The summed E-state index contributed by atoms with van der Waals surface area (Å²) in [5.41, 5.74) is 2.21. The highest BCUT2D eigenvalue weighted by Crippen LogP contribution is 2.23. The van der Waals surface area contributed by atoms with Crippen LogP contribution in [0.3, 0.4) is 0 Å². The maximum absolute atomic E-state index is 5.24. The van der Waals surface area contributed by atoms with Gasteiger partial charge in [-0.05, 0) is 26.7 Å². The first-order valence-corrected chi connectivity index (χ1v) is 7.93. The Morgan fingerprint density at radius 1 is 1.26 bits per heavy atom. The summed E-state index contributed by atoms with van der Waals surface area (Å²) in [5, 5.41) is 7.47. The minimum Gasteiger partial charge on any atom is -0.478 e. The van der Waals surface area contributed by atoms with Crippen LogP contribution in [0.1, 0.15) is 29.9 Å². The third-order valence-corrected chi connectivity index (χ3v) is 4.35. The molecule has 2 aromatic rings. The van der Waals surface area contributed by atoms with Crippen LogP contribution >= 0.6 is 0 Å². The molecule has 3 heterocycles. The molecule has 0 saturated carbocycles. The lowest BCUT2D eigenvalue weighted by atomic mass is 10.0. The molecule has 7 heteroatoms. The Kier molecular flexibility index (Phi) is 4.76. The minimum absolute atomic E-state index is 0.390. The Bertz CT molecular complexity index is 630. The lowest BCUT2D eigenvalue weighted by Crippen LogP contribution is -2.39. The maximum atomic E-state index is 5.24. The van der Waals surface area contributed by atoms with Gasteiger partial charge < -0.3 is 14.6 Å². The highest BCUT2D eigenvalue weighted by Gasteiger charge is 2.22. The topological polar surface area (TPSA) is 76.3 Å². The zero-order valence-corrected chi connectivity index (χ0v) is 13.9. The molecule has 0 radical (unpaired) electrons. The third-order valence-electron chi connectivity index (χ3n) is 4.35. The molecule has 1 aliphatic heterocycles. The number of ether oxygens (including phenoxy) is 1. The number of nitrogens with zero attached hydrogens (tertiary/aromatic N) is 4. The van der Waals surface area contributed by atoms with Crippen LogP contribution in [0.5, 0.6) is 5.88 Å². The van der Waals surface area contributed by atoms with Crippen LogP contribution in [0.4, 0.5) is 5.82 Å². The Morgan fingerprint density at radius 2 is 2.00 bits per heavy atom. The van der Waals surface area contributed by atoms with Gasteiger partial charge in [0.1, 0.15) is 5.76 Å². The van der Waals surface area contributed by atoms with Crippen molar-refractivity contribution in [3.63, 3.8) is 0 Å². The van der Waals surface area contributed by atoms with E-state index in [2.05, 4.69) is 25.3 Å². The van der Waals surface area contributed by atoms with Crippen molar-refractivity contribution in [2.75, 3.05) is 25.5 Å². The summed E-state index contributed by atoms with van der Waals surface area (Å²) < 4.78 is 10.5. The average Bonchev–Trinajstić information content (AvgIpc) is 2.89. The molecule has 1 aliphatic rings. The van der Waals surface area contributed by atoms with Crippen LogP contribution < -0.4 is 10.1 Å². The van der Waals surface area contributed by atoms with E-state index in [4.69, 9.17) is 9.26 Å². The van der Waals surface area contributed by atoms with E-state index in [0.717, 1.165) is 49.7 Å². The molecule has 1 saturated heterocycles. The monoisotopic (exact) mass is 317 g/mol. The third kappa shape index (κ3) is 3.61. The molecule has 2 aromatic heterocycles. The highest BCUT2D eigenvalue weighted by molar-refractivity contribution is 5.45. The van der Waals surface area contributed by atoms with Crippen LogP contribution in [-0.4, -0.2) is 46.3 Å². The molecular formula is C16H23N5O2. The number of piperidine rings is 1. The molecule has 1 N–H and O–H groups in total. The van der Waals surface area contributed by atoms with E-state index in [9.17, 15) is 0 Å². The van der Waals surface area contributed by atoms with Gasteiger partial charge in [-0.1, -0.05) is 5.16 Å². The van der Waals surface area contributed by atoms with Crippen LogP contribution in [-0.2, 0) is 6.54 Å². The summed E-state index contributed by atoms with van der Waals surface area (Å²) in [6, 6.07) is 0.390. The lowest BCUT2D eigenvalue weighted by molar-refractivity contribution is 0.209. The molecule has 0 unspecified atom stereocenters. The molecule has 0 aromatic carbocycles. The molecule has 0 aliphatic carbocycles. The Morgan fingerprint density at radius 3 is 2.65 bits per heavy atom. The van der Waals surface area contributed by atoms with Crippen molar-refractivity contribution in [2.45, 2.75) is 39.3 Å². The molecule has 23 heavy (non-hydrogen) atoms. The number of hydrogen-bond acceptors (Lipinski definition) is 7. The fourth-order valence-electron chi connectivity index (χ4n) is 2.95. The van der Waals surface area contributed by atoms with Crippen molar-refractivity contribution in [2.24, 2.45) is 0 Å². The van der Waals surface area contributed by atoms with E-state index in [0.29, 0.717) is 11.9 Å². The molecule has 0 amide bonds. The molecular weight excluding hydrogens is 294 g/mol. The van der Waals surface area contributed by atoms with E-state index >= 15 is 0 Å². The maximum Gasteiger partial charge on any atom is 0.257 e. The summed E-state index contributed by atoms with van der Waals surface area (Å²) in [6.07, 6.45) is 5.43. The number of rotatable bonds is 5. The molecule has 1 fully saturated rings. The quantitative estimate of drug-likeness (QED) is 0.905. The van der Waals surface area contributed by atoms with Crippen LogP contribution in [0.2, 0.25) is 0 Å². The Labute approximate surface area is 136 Å². The number of hydrogen-bond donors (Lipinski definition) is 1. The average molecular weight is 317 g/mol. The van der Waals surface area contributed by atoms with E-state index in [1.54, 1.807) is 19.5 Å². The van der Waals surface area contributed by atoms with E-state index in [1.165, 1.54) is 5.56 Å². The van der Waals surface area contributed by atoms with Gasteiger partial charge >= 0.3 is 0 Å². The van der Waals surface area contributed by atoms with Crippen molar-refractivity contribution in [3.05, 3.63) is 29.4 Å². The first-order chi connectivity index (χ1) is 11.2. The highest BCUT2D eigenvalue weighted by atomic mass is 16.5. The SMILES string of the molecule is COc1nccnc1NC1CCN(Cc2c(C)noc2C)CC1. The summed E-state index contributed by atoms with van der Waals surface area (Å²) in [7, 11) is 1.61. The second kappa shape index (κ2) is 6.95. The van der Waals surface area contributed by atoms with Gasteiger partial charge in [-0.15, -0.1) is 0 Å². The first kappa shape index (κ1) is 15.7. The largest absolute Gasteiger partial charge is 0.478 e. The van der Waals surface area contributed by atoms with Gasteiger partial charge in [0.15, 0.2) is 5.82 Å². The second-order valence-electron chi connectivity index (χ2n) is 5.91. The predicted octanol–water partition coefficient (Wildman–Crippen LogP) is 2.17. The van der Waals surface area contributed by atoms with Gasteiger partial charge in [-0.2, -0.15) is 0 Å². The lowest BCUT2D eigenvalue weighted by Gasteiger charge is -2.32. The fourth-order valence-corrected chi connectivity index (χ4v) is 2.95. The molecule has 124 valence electrons. The zero-order valence-electron chi connectivity index (χ0n) is 13.9. The summed E-state index contributed by atoms with van der Waals surface area (Å²) in [6.45, 7) is 6.95. The van der Waals surface area contributed by atoms with Crippen LogP contribution in [0.15, 0.2) is 16.9 Å². The van der Waals surface area contributed by atoms with Gasteiger partial charge in [0, 0.05) is 43.6 Å². The minimum atomic E-state index is 0.390. The number of likely N-dealkylation sites (tertiary alicyclic amines) is 1. The summed E-state index contributed by atoms with van der Waals surface area (Å²) in [5.74, 6) is 2.19.